The first-order valence-electron chi connectivity index (χ1n) is 7.91. The van der Waals surface area contributed by atoms with Gasteiger partial charge in [-0.25, -0.2) is 4.98 Å². The Bertz CT molecular complexity index is 817. The third kappa shape index (κ3) is 3.74. The fourth-order valence-electron chi connectivity index (χ4n) is 2.54. The number of rotatable bonds is 5. The van der Waals surface area contributed by atoms with E-state index in [0.717, 1.165) is 40.5 Å². The van der Waals surface area contributed by atoms with E-state index in [1.54, 1.807) is 6.08 Å². The number of amides is 1. The van der Waals surface area contributed by atoms with Crippen molar-refractivity contribution < 1.29 is 4.79 Å². The summed E-state index contributed by atoms with van der Waals surface area (Å²) in [5.41, 5.74) is 4.07. The van der Waals surface area contributed by atoms with Gasteiger partial charge in [0, 0.05) is 22.8 Å². The lowest BCUT2D eigenvalue weighted by Gasteiger charge is -2.07. The van der Waals surface area contributed by atoms with Crippen LogP contribution in [0.3, 0.4) is 0 Å². The predicted molar refractivity (Wildman–Crippen MR) is 98.0 cm³/mol. The molecule has 0 fully saturated rings. The average molecular weight is 342 g/mol. The Kier molecular flexibility index (Phi) is 5.58. The van der Waals surface area contributed by atoms with Gasteiger partial charge in [-0.2, -0.15) is 5.26 Å². The first-order valence-corrected chi connectivity index (χ1v) is 8.72. The van der Waals surface area contributed by atoms with Gasteiger partial charge in [0.15, 0.2) is 5.13 Å². The van der Waals surface area contributed by atoms with Crippen LogP contribution in [0, 0.1) is 39.0 Å². The SMILES string of the molecule is CCCn1c(C)cc(/C=C(\C#N)C(=O)Nc2nc(C)c(C)s2)c1C. The number of aryl methyl sites for hydroxylation is 3. The lowest BCUT2D eigenvalue weighted by molar-refractivity contribution is -0.112. The fourth-order valence-corrected chi connectivity index (χ4v) is 3.35. The fraction of sp³-hybridized carbons (Fsp3) is 0.389. The molecule has 0 bridgehead atoms. The molecule has 0 saturated carbocycles. The molecule has 0 aliphatic carbocycles. The number of hydrogen-bond acceptors (Lipinski definition) is 4. The molecule has 126 valence electrons. The van der Waals surface area contributed by atoms with E-state index in [1.165, 1.54) is 11.3 Å². The number of carbonyl (C=O) groups is 1. The van der Waals surface area contributed by atoms with Crippen molar-refractivity contribution in [1.82, 2.24) is 9.55 Å². The number of aromatic nitrogens is 2. The van der Waals surface area contributed by atoms with Gasteiger partial charge in [0.05, 0.1) is 5.69 Å². The zero-order chi connectivity index (χ0) is 17.9. The Hall–Kier alpha value is -2.39. The van der Waals surface area contributed by atoms with E-state index in [-0.39, 0.29) is 5.57 Å². The first-order chi connectivity index (χ1) is 11.4. The van der Waals surface area contributed by atoms with Crippen molar-refractivity contribution in [3.8, 4) is 6.07 Å². The van der Waals surface area contributed by atoms with E-state index in [4.69, 9.17) is 0 Å². The highest BCUT2D eigenvalue weighted by Gasteiger charge is 2.14. The summed E-state index contributed by atoms with van der Waals surface area (Å²) in [5, 5.41) is 12.6. The van der Waals surface area contributed by atoms with Crippen molar-refractivity contribution in [2.75, 3.05) is 5.32 Å². The standard InChI is InChI=1S/C18H22N4OS/c1-6-7-22-11(2)8-15(13(22)4)9-16(10-19)17(23)21-18-20-12(3)14(5)24-18/h8-9H,6-7H2,1-5H3,(H,20,21,23)/b16-9+. The highest BCUT2D eigenvalue weighted by atomic mass is 32.1. The maximum atomic E-state index is 12.4. The van der Waals surface area contributed by atoms with Crippen LogP contribution in [0.15, 0.2) is 11.6 Å². The first kappa shape index (κ1) is 18.0. The summed E-state index contributed by atoms with van der Waals surface area (Å²) >= 11 is 1.41. The van der Waals surface area contributed by atoms with Crippen molar-refractivity contribution in [3.63, 3.8) is 0 Å². The molecule has 0 aliphatic rings. The summed E-state index contributed by atoms with van der Waals surface area (Å²) < 4.78 is 2.20. The van der Waals surface area contributed by atoms with E-state index < -0.39 is 5.91 Å². The van der Waals surface area contributed by atoms with Crippen LogP contribution in [-0.2, 0) is 11.3 Å². The van der Waals surface area contributed by atoms with Crippen LogP contribution >= 0.6 is 11.3 Å². The maximum Gasteiger partial charge on any atom is 0.268 e. The molecule has 24 heavy (non-hydrogen) atoms. The van der Waals surface area contributed by atoms with Crippen molar-refractivity contribution in [3.05, 3.63) is 39.2 Å². The minimum absolute atomic E-state index is 0.0808. The zero-order valence-corrected chi connectivity index (χ0v) is 15.5. The largest absolute Gasteiger partial charge is 0.349 e. The van der Waals surface area contributed by atoms with Crippen molar-refractivity contribution >= 4 is 28.5 Å². The van der Waals surface area contributed by atoms with E-state index in [0.29, 0.717) is 5.13 Å². The lowest BCUT2D eigenvalue weighted by atomic mass is 10.1. The van der Waals surface area contributed by atoms with Crippen LogP contribution in [-0.4, -0.2) is 15.5 Å². The average Bonchev–Trinajstić information content (AvgIpc) is 2.98. The molecule has 0 radical (unpaired) electrons. The van der Waals surface area contributed by atoms with Crippen LogP contribution < -0.4 is 5.32 Å². The van der Waals surface area contributed by atoms with Gasteiger partial charge in [-0.3, -0.25) is 10.1 Å². The third-order valence-electron chi connectivity index (χ3n) is 3.97. The molecule has 5 nitrogen and oxygen atoms in total. The molecule has 1 amide bonds. The van der Waals surface area contributed by atoms with Gasteiger partial charge in [-0.05, 0) is 51.8 Å². The van der Waals surface area contributed by atoms with Crippen LogP contribution in [0.5, 0.6) is 0 Å². The number of thiazole rings is 1. The molecule has 2 heterocycles. The second-order valence-electron chi connectivity index (χ2n) is 5.76. The monoisotopic (exact) mass is 342 g/mol. The summed E-state index contributed by atoms with van der Waals surface area (Å²) in [6.45, 7) is 10.9. The molecular weight excluding hydrogens is 320 g/mol. The smallest absolute Gasteiger partial charge is 0.268 e. The topological polar surface area (TPSA) is 70.7 Å². The normalized spacial score (nSPS) is 11.4. The second-order valence-corrected chi connectivity index (χ2v) is 6.97. The van der Waals surface area contributed by atoms with Crippen LogP contribution in [0.2, 0.25) is 0 Å². The van der Waals surface area contributed by atoms with Crippen molar-refractivity contribution in [2.24, 2.45) is 0 Å². The van der Waals surface area contributed by atoms with Gasteiger partial charge < -0.3 is 4.57 Å². The summed E-state index contributed by atoms with van der Waals surface area (Å²) in [5.74, 6) is -0.424. The Morgan fingerprint density at radius 3 is 2.67 bits per heavy atom. The summed E-state index contributed by atoms with van der Waals surface area (Å²) in [7, 11) is 0. The Balaban J connectivity index is 2.27. The summed E-state index contributed by atoms with van der Waals surface area (Å²) in [4.78, 5) is 17.7. The van der Waals surface area contributed by atoms with E-state index >= 15 is 0 Å². The van der Waals surface area contributed by atoms with Crippen LogP contribution in [0.1, 0.15) is 40.9 Å². The molecule has 6 heteroatoms. The van der Waals surface area contributed by atoms with Crippen LogP contribution in [0.4, 0.5) is 5.13 Å². The molecule has 0 atom stereocenters. The Labute approximate surface area is 146 Å². The molecule has 2 aromatic heterocycles. The summed E-state index contributed by atoms with van der Waals surface area (Å²) in [6, 6.07) is 4.00. The van der Waals surface area contributed by atoms with Gasteiger partial charge in [-0.1, -0.05) is 6.92 Å². The predicted octanol–water partition coefficient (Wildman–Crippen LogP) is 4.13. The minimum atomic E-state index is -0.424. The number of anilines is 1. The maximum absolute atomic E-state index is 12.4. The molecule has 2 aromatic rings. The van der Waals surface area contributed by atoms with Gasteiger partial charge in [0.1, 0.15) is 11.6 Å². The number of nitrogens with one attached hydrogen (secondary N) is 1. The van der Waals surface area contributed by atoms with E-state index in [9.17, 15) is 10.1 Å². The highest BCUT2D eigenvalue weighted by molar-refractivity contribution is 7.15. The van der Waals surface area contributed by atoms with Crippen molar-refractivity contribution in [2.45, 2.75) is 47.6 Å². The zero-order valence-electron chi connectivity index (χ0n) is 14.7. The molecular formula is C18H22N4OS. The second kappa shape index (κ2) is 7.45. The van der Waals surface area contributed by atoms with Gasteiger partial charge in [-0.15, -0.1) is 11.3 Å². The molecule has 0 aromatic carbocycles. The number of nitrogens with zero attached hydrogens (tertiary/aromatic N) is 3. The van der Waals surface area contributed by atoms with Crippen LogP contribution in [0.25, 0.3) is 6.08 Å². The molecule has 0 unspecified atom stereocenters. The van der Waals surface area contributed by atoms with Gasteiger partial charge >= 0.3 is 0 Å². The molecule has 1 N–H and O–H groups in total. The van der Waals surface area contributed by atoms with Crippen molar-refractivity contribution in [1.29, 1.82) is 5.26 Å². The molecule has 2 rings (SSSR count). The van der Waals surface area contributed by atoms with E-state index in [1.807, 2.05) is 39.8 Å². The van der Waals surface area contributed by atoms with E-state index in [2.05, 4.69) is 21.8 Å². The van der Waals surface area contributed by atoms with Gasteiger partial charge in [0.25, 0.3) is 5.91 Å². The highest BCUT2D eigenvalue weighted by Crippen LogP contribution is 2.23. The number of hydrogen-bond donors (Lipinski definition) is 1. The summed E-state index contributed by atoms with van der Waals surface area (Å²) in [6.07, 6.45) is 2.69. The quantitative estimate of drug-likeness (QED) is 0.656. The molecule has 0 aliphatic heterocycles. The number of carbonyl (C=O) groups excluding carboxylic acids is 1. The molecule has 0 spiro atoms. The number of nitriles is 1. The minimum Gasteiger partial charge on any atom is -0.349 e. The Morgan fingerprint density at radius 2 is 2.12 bits per heavy atom. The lowest BCUT2D eigenvalue weighted by Crippen LogP contribution is -2.13. The molecule has 0 saturated heterocycles. The van der Waals surface area contributed by atoms with Gasteiger partial charge in [0.2, 0.25) is 0 Å². The Morgan fingerprint density at radius 1 is 1.42 bits per heavy atom. The third-order valence-corrected chi connectivity index (χ3v) is 4.96.